The normalized spacial score (nSPS) is 15.9. The van der Waals surface area contributed by atoms with Gasteiger partial charge in [-0.1, -0.05) is 31.4 Å². The van der Waals surface area contributed by atoms with E-state index >= 15 is 0 Å². The third kappa shape index (κ3) is 4.81. The van der Waals surface area contributed by atoms with E-state index < -0.39 is 0 Å². The summed E-state index contributed by atoms with van der Waals surface area (Å²) in [6.45, 7) is 1.31. The van der Waals surface area contributed by atoms with E-state index in [-0.39, 0.29) is 18.1 Å². The lowest BCUT2D eigenvalue weighted by Gasteiger charge is -2.34. The lowest BCUT2D eigenvalue weighted by molar-refractivity contribution is -0.133. The van der Waals surface area contributed by atoms with Gasteiger partial charge in [0.1, 0.15) is 5.82 Å². The van der Waals surface area contributed by atoms with E-state index in [4.69, 9.17) is 5.73 Å². The first-order chi connectivity index (χ1) is 10.2. The van der Waals surface area contributed by atoms with Crippen molar-refractivity contribution in [2.24, 2.45) is 5.73 Å². The van der Waals surface area contributed by atoms with Crippen molar-refractivity contribution in [1.82, 2.24) is 4.90 Å². The van der Waals surface area contributed by atoms with Gasteiger partial charge in [-0.05, 0) is 43.5 Å². The van der Waals surface area contributed by atoms with Crippen molar-refractivity contribution >= 4 is 5.91 Å². The first-order valence-corrected chi connectivity index (χ1v) is 7.94. The van der Waals surface area contributed by atoms with Crippen LogP contribution in [-0.2, 0) is 11.2 Å². The van der Waals surface area contributed by atoms with E-state index in [0.29, 0.717) is 12.6 Å². The summed E-state index contributed by atoms with van der Waals surface area (Å²) in [6, 6.07) is 6.65. The molecular weight excluding hydrogens is 267 g/mol. The summed E-state index contributed by atoms with van der Waals surface area (Å²) in [7, 11) is 0. The molecule has 0 bridgehead atoms. The van der Waals surface area contributed by atoms with Crippen LogP contribution < -0.4 is 5.73 Å². The van der Waals surface area contributed by atoms with Gasteiger partial charge in [-0.15, -0.1) is 0 Å². The van der Waals surface area contributed by atoms with Crippen LogP contribution in [0, 0.1) is 5.82 Å². The average Bonchev–Trinajstić information content (AvgIpc) is 2.49. The number of nitrogens with two attached hydrogens (primary N) is 1. The summed E-state index contributed by atoms with van der Waals surface area (Å²) in [5, 5.41) is 0. The quantitative estimate of drug-likeness (QED) is 0.876. The summed E-state index contributed by atoms with van der Waals surface area (Å²) >= 11 is 0. The van der Waals surface area contributed by atoms with Crippen LogP contribution in [0.3, 0.4) is 0 Å². The second kappa shape index (κ2) is 8.13. The molecule has 1 aromatic carbocycles. The minimum absolute atomic E-state index is 0.0981. The van der Waals surface area contributed by atoms with Crippen molar-refractivity contribution in [2.45, 2.75) is 51.0 Å². The molecule has 1 fully saturated rings. The van der Waals surface area contributed by atoms with Crippen LogP contribution in [0.15, 0.2) is 24.3 Å². The van der Waals surface area contributed by atoms with Crippen molar-refractivity contribution in [3.05, 3.63) is 35.6 Å². The van der Waals surface area contributed by atoms with Crippen LogP contribution in [0.25, 0.3) is 0 Å². The number of carbonyl (C=O) groups is 1. The van der Waals surface area contributed by atoms with Gasteiger partial charge in [-0.25, -0.2) is 4.39 Å². The van der Waals surface area contributed by atoms with Gasteiger partial charge in [-0.2, -0.15) is 0 Å². The van der Waals surface area contributed by atoms with Crippen molar-refractivity contribution in [2.75, 3.05) is 13.1 Å². The Labute approximate surface area is 126 Å². The molecule has 0 spiro atoms. The topological polar surface area (TPSA) is 46.3 Å². The molecule has 0 aromatic heterocycles. The Hall–Kier alpha value is -1.42. The highest BCUT2D eigenvalue weighted by molar-refractivity contribution is 5.79. The highest BCUT2D eigenvalue weighted by Gasteiger charge is 2.24. The number of amides is 1. The number of carbonyl (C=O) groups excluding carboxylic acids is 1. The molecule has 0 saturated heterocycles. The van der Waals surface area contributed by atoms with E-state index in [1.54, 1.807) is 6.07 Å². The zero-order valence-electron chi connectivity index (χ0n) is 12.6. The van der Waals surface area contributed by atoms with E-state index in [9.17, 15) is 9.18 Å². The number of hydrogen-bond donors (Lipinski definition) is 1. The maximum absolute atomic E-state index is 13.2. The van der Waals surface area contributed by atoms with Gasteiger partial charge in [0.15, 0.2) is 0 Å². The highest BCUT2D eigenvalue weighted by atomic mass is 19.1. The van der Waals surface area contributed by atoms with Crippen molar-refractivity contribution in [1.29, 1.82) is 0 Å². The zero-order valence-corrected chi connectivity index (χ0v) is 12.6. The summed E-state index contributed by atoms with van der Waals surface area (Å²) in [5.74, 6) is -0.188. The second-order valence-electron chi connectivity index (χ2n) is 5.83. The standard InChI is InChI=1S/C17H25FN2O/c18-15-7-4-6-14(12-15)13-17(21)20(11-5-10-19)16-8-2-1-3-9-16/h4,6-7,12,16H,1-3,5,8-11,13,19H2. The lowest BCUT2D eigenvalue weighted by atomic mass is 9.93. The van der Waals surface area contributed by atoms with Crippen LogP contribution in [0.1, 0.15) is 44.1 Å². The van der Waals surface area contributed by atoms with Crippen molar-refractivity contribution < 1.29 is 9.18 Å². The molecule has 0 atom stereocenters. The molecule has 21 heavy (non-hydrogen) atoms. The molecule has 2 N–H and O–H groups in total. The van der Waals surface area contributed by atoms with Crippen LogP contribution in [-0.4, -0.2) is 29.9 Å². The number of rotatable bonds is 6. The first-order valence-electron chi connectivity index (χ1n) is 7.94. The number of halogens is 1. The zero-order chi connectivity index (χ0) is 15.1. The first kappa shape index (κ1) is 16.0. The largest absolute Gasteiger partial charge is 0.339 e. The fraction of sp³-hybridized carbons (Fsp3) is 0.588. The molecule has 1 aliphatic rings. The predicted molar refractivity (Wildman–Crippen MR) is 82.4 cm³/mol. The monoisotopic (exact) mass is 292 g/mol. The summed E-state index contributed by atoms with van der Waals surface area (Å²) in [4.78, 5) is 14.6. The fourth-order valence-electron chi connectivity index (χ4n) is 3.09. The van der Waals surface area contributed by atoms with Crippen LogP contribution >= 0.6 is 0 Å². The molecule has 1 aliphatic carbocycles. The van der Waals surface area contributed by atoms with Gasteiger partial charge < -0.3 is 10.6 Å². The smallest absolute Gasteiger partial charge is 0.227 e. The molecule has 116 valence electrons. The Balaban J connectivity index is 2.02. The van der Waals surface area contributed by atoms with Crippen LogP contribution in [0.2, 0.25) is 0 Å². The number of hydrogen-bond acceptors (Lipinski definition) is 2. The van der Waals surface area contributed by atoms with Gasteiger partial charge in [0, 0.05) is 12.6 Å². The molecule has 0 heterocycles. The number of nitrogens with zero attached hydrogens (tertiary/aromatic N) is 1. The Morgan fingerprint density at radius 1 is 1.29 bits per heavy atom. The molecular formula is C17H25FN2O. The van der Waals surface area contributed by atoms with Gasteiger partial charge in [0.2, 0.25) is 5.91 Å². The van der Waals surface area contributed by atoms with Crippen LogP contribution in [0.4, 0.5) is 4.39 Å². The lowest BCUT2D eigenvalue weighted by Crippen LogP contribution is -2.43. The molecule has 0 radical (unpaired) electrons. The molecule has 3 nitrogen and oxygen atoms in total. The molecule has 0 unspecified atom stereocenters. The van der Waals surface area contributed by atoms with Gasteiger partial charge in [0.25, 0.3) is 0 Å². The van der Waals surface area contributed by atoms with E-state index in [0.717, 1.165) is 31.4 Å². The Kier molecular flexibility index (Phi) is 6.18. The summed E-state index contributed by atoms with van der Waals surface area (Å²) < 4.78 is 13.2. The Morgan fingerprint density at radius 2 is 2.05 bits per heavy atom. The maximum atomic E-state index is 13.2. The summed E-state index contributed by atoms with van der Waals surface area (Å²) in [5.41, 5.74) is 6.34. The maximum Gasteiger partial charge on any atom is 0.227 e. The van der Waals surface area contributed by atoms with Gasteiger partial charge in [0.05, 0.1) is 6.42 Å². The predicted octanol–water partition coefficient (Wildman–Crippen LogP) is 2.88. The number of benzene rings is 1. The van der Waals surface area contributed by atoms with E-state index in [1.807, 2.05) is 11.0 Å². The third-order valence-electron chi connectivity index (χ3n) is 4.18. The van der Waals surface area contributed by atoms with Gasteiger partial charge >= 0.3 is 0 Å². The third-order valence-corrected chi connectivity index (χ3v) is 4.18. The second-order valence-corrected chi connectivity index (χ2v) is 5.83. The molecule has 1 aromatic rings. The van der Waals surface area contributed by atoms with Gasteiger partial charge in [-0.3, -0.25) is 4.79 Å². The molecule has 1 amide bonds. The Bertz CT molecular complexity index is 458. The molecule has 2 rings (SSSR count). The van der Waals surface area contributed by atoms with E-state index in [2.05, 4.69) is 0 Å². The summed E-state index contributed by atoms with van der Waals surface area (Å²) in [6.07, 6.45) is 6.91. The average molecular weight is 292 g/mol. The van der Waals surface area contributed by atoms with Crippen molar-refractivity contribution in [3.8, 4) is 0 Å². The Morgan fingerprint density at radius 3 is 2.71 bits per heavy atom. The minimum Gasteiger partial charge on any atom is -0.339 e. The van der Waals surface area contributed by atoms with Crippen molar-refractivity contribution in [3.63, 3.8) is 0 Å². The molecule has 0 aliphatic heterocycles. The highest BCUT2D eigenvalue weighted by Crippen LogP contribution is 2.23. The SMILES string of the molecule is NCCCN(C(=O)Cc1cccc(F)c1)C1CCCCC1. The molecule has 4 heteroatoms. The van der Waals surface area contributed by atoms with Crippen LogP contribution in [0.5, 0.6) is 0 Å². The minimum atomic E-state index is -0.286. The van der Waals surface area contributed by atoms with E-state index in [1.165, 1.54) is 31.4 Å². The molecule has 1 saturated carbocycles. The fourth-order valence-corrected chi connectivity index (χ4v) is 3.09.